The second-order valence-electron chi connectivity index (χ2n) is 10.4. The van der Waals surface area contributed by atoms with Gasteiger partial charge in [0, 0.05) is 22.1 Å². The molecule has 0 radical (unpaired) electrons. The Morgan fingerprint density at radius 2 is 1.93 bits per heavy atom. The number of fused-ring (bicyclic) bond motifs is 1. The predicted octanol–water partition coefficient (Wildman–Crippen LogP) is 3.06. The smallest absolute Gasteiger partial charge is 0.459 e. The summed E-state index contributed by atoms with van der Waals surface area (Å²) in [6, 6.07) is 10.8. The molecule has 1 saturated heterocycles. The molecule has 16 heteroatoms. The molecular weight excluding hydrogens is 585 g/mol. The topological polar surface area (TPSA) is 210 Å². The van der Waals surface area contributed by atoms with E-state index in [1.54, 1.807) is 50.2 Å². The number of hydrogen-bond donors (Lipinski definition) is 3. The Kier molecular flexibility index (Phi) is 9.57. The molecule has 1 unspecified atom stereocenters. The van der Waals surface area contributed by atoms with Crippen LogP contribution >= 0.6 is 7.75 Å². The normalized spacial score (nSPS) is 26.1. The zero-order valence-corrected chi connectivity index (χ0v) is 24.7. The molecule has 0 spiro atoms. The minimum absolute atomic E-state index is 0.117. The van der Waals surface area contributed by atoms with Crippen molar-refractivity contribution < 1.29 is 47.7 Å². The van der Waals surface area contributed by atoms with Gasteiger partial charge < -0.3 is 24.2 Å². The Morgan fingerprint density at radius 3 is 2.63 bits per heavy atom. The Morgan fingerprint density at radius 1 is 1.23 bits per heavy atom. The molecule has 15 nitrogen and oxygen atoms in total. The van der Waals surface area contributed by atoms with Crippen LogP contribution in [0.1, 0.15) is 34.1 Å². The Labute approximate surface area is 246 Å². The van der Waals surface area contributed by atoms with Gasteiger partial charge in [0.25, 0.3) is 0 Å². The van der Waals surface area contributed by atoms with Crippen molar-refractivity contribution in [2.24, 2.45) is 5.11 Å². The molecule has 0 aromatic heterocycles. The summed E-state index contributed by atoms with van der Waals surface area (Å²) >= 11 is 0. The molecule has 4 rings (SSSR count). The number of allylic oxidation sites excluding steroid dienone is 1. The quantitative estimate of drug-likeness (QED) is 0.0833. The van der Waals surface area contributed by atoms with Gasteiger partial charge in [-0.1, -0.05) is 41.5 Å². The van der Waals surface area contributed by atoms with E-state index >= 15 is 0 Å². The number of carbonyl (C=O) groups excluding carboxylic acids is 3. The number of ether oxygens (including phenoxy) is 2. The number of esters is 1. The van der Waals surface area contributed by atoms with Crippen molar-refractivity contribution in [3.8, 4) is 5.75 Å². The number of benzene rings is 2. The van der Waals surface area contributed by atoms with Crippen molar-refractivity contribution in [1.82, 2.24) is 9.99 Å². The number of aliphatic hydroxyl groups excluding tert-OH is 2. The van der Waals surface area contributed by atoms with Crippen LogP contribution in [-0.2, 0) is 32.9 Å². The fourth-order valence-corrected chi connectivity index (χ4v) is 6.06. The minimum atomic E-state index is -4.59. The zero-order chi connectivity index (χ0) is 31.5. The van der Waals surface area contributed by atoms with E-state index in [4.69, 9.17) is 18.5 Å². The molecule has 0 bridgehead atoms. The molecule has 0 saturated carbocycles. The van der Waals surface area contributed by atoms with Crippen LogP contribution in [0.2, 0.25) is 0 Å². The molecule has 2 aromatic rings. The zero-order valence-electron chi connectivity index (χ0n) is 23.8. The lowest BCUT2D eigenvalue weighted by Gasteiger charge is -2.32. The summed E-state index contributed by atoms with van der Waals surface area (Å²) < 4.78 is 36.6. The summed E-state index contributed by atoms with van der Waals surface area (Å²) in [5.41, 5.74) is 7.11. The molecule has 2 heterocycles. The number of rotatable bonds is 11. The van der Waals surface area contributed by atoms with Gasteiger partial charge in [-0.25, -0.2) is 4.57 Å². The largest absolute Gasteiger partial charge is 0.462 e. The van der Waals surface area contributed by atoms with Gasteiger partial charge in [0.15, 0.2) is 12.0 Å². The van der Waals surface area contributed by atoms with E-state index in [0.717, 1.165) is 16.5 Å². The van der Waals surface area contributed by atoms with E-state index in [9.17, 15) is 34.7 Å². The van der Waals surface area contributed by atoms with E-state index in [1.807, 2.05) is 0 Å². The average molecular weight is 618 g/mol. The summed E-state index contributed by atoms with van der Waals surface area (Å²) in [4.78, 5) is 40.7. The molecule has 0 aliphatic carbocycles. The number of hydrogen-bond acceptors (Lipinski definition) is 11. The number of nitrogens with one attached hydrogen (secondary N) is 1. The van der Waals surface area contributed by atoms with Gasteiger partial charge in [0.05, 0.1) is 19.1 Å². The molecule has 3 N–H and O–H groups in total. The van der Waals surface area contributed by atoms with Gasteiger partial charge >= 0.3 is 13.7 Å². The number of aliphatic hydroxyl groups is 2. The second-order valence-corrected chi connectivity index (χ2v) is 12.1. The van der Waals surface area contributed by atoms with Crippen molar-refractivity contribution in [3.05, 3.63) is 64.7 Å². The van der Waals surface area contributed by atoms with E-state index < -0.39 is 74.7 Å². The van der Waals surface area contributed by atoms with E-state index in [-0.39, 0.29) is 11.3 Å². The lowest BCUT2D eigenvalue weighted by molar-refractivity contribution is -0.159. The first-order valence-electron chi connectivity index (χ1n) is 13.3. The van der Waals surface area contributed by atoms with Gasteiger partial charge in [0.2, 0.25) is 11.6 Å². The molecular formula is C27H32N5O10P. The van der Waals surface area contributed by atoms with Crippen LogP contribution in [0.25, 0.3) is 21.2 Å². The third-order valence-corrected chi connectivity index (χ3v) is 8.34. The van der Waals surface area contributed by atoms with Crippen molar-refractivity contribution in [2.45, 2.75) is 70.4 Å². The van der Waals surface area contributed by atoms with Crippen LogP contribution in [0.3, 0.4) is 0 Å². The highest BCUT2D eigenvalue weighted by Crippen LogP contribution is 2.49. The van der Waals surface area contributed by atoms with E-state index in [2.05, 4.69) is 15.1 Å². The summed E-state index contributed by atoms with van der Waals surface area (Å²) in [6.45, 7) is 5.14. The second kappa shape index (κ2) is 12.8. The lowest BCUT2D eigenvalue weighted by atomic mass is 10.0. The standard InChI is InChI=1S/C27H32N5O10P/c1-15(2)40-26(37)17(4)29-43(38,42-21-11-7-9-18-8-5-6-10-19(18)21)39-14-27(30-31-28)24(36)23(35)25(41-27)32-13-16(3)20(33)12-22(32)34/h5-11,13,15,17,23-25,35-36H,12,14H2,1-4H3,(H,29,38)/t17-,23+,24-,25+,27+,43?/m0/s1. The molecule has 2 aliphatic rings. The van der Waals surface area contributed by atoms with Crippen LogP contribution < -0.4 is 9.61 Å². The van der Waals surface area contributed by atoms with Gasteiger partial charge in [-0.15, -0.1) is 0 Å². The van der Waals surface area contributed by atoms with Crippen LogP contribution in [0, 0.1) is 0 Å². The van der Waals surface area contributed by atoms with Gasteiger partial charge in [0.1, 0.15) is 24.0 Å². The first-order chi connectivity index (χ1) is 20.3. The van der Waals surface area contributed by atoms with Crippen LogP contribution in [-0.4, -0.2) is 75.7 Å². The molecule has 1 amide bonds. The maximum absolute atomic E-state index is 14.2. The Balaban J connectivity index is 1.66. The van der Waals surface area contributed by atoms with E-state index in [0.29, 0.717) is 5.39 Å². The maximum atomic E-state index is 14.2. The molecule has 1 fully saturated rings. The fraction of sp³-hybridized carbons (Fsp3) is 0.444. The highest BCUT2D eigenvalue weighted by atomic mass is 31.2. The van der Waals surface area contributed by atoms with Gasteiger partial charge in [-0.3, -0.25) is 23.8 Å². The third kappa shape index (κ3) is 6.89. The van der Waals surface area contributed by atoms with Crippen LogP contribution in [0.4, 0.5) is 0 Å². The van der Waals surface area contributed by atoms with Gasteiger partial charge in [-0.2, -0.15) is 5.09 Å². The highest BCUT2D eigenvalue weighted by molar-refractivity contribution is 7.52. The van der Waals surface area contributed by atoms with Crippen molar-refractivity contribution >= 4 is 36.2 Å². The number of nitrogens with zero attached hydrogens (tertiary/aromatic N) is 4. The average Bonchev–Trinajstić information content (AvgIpc) is 3.19. The monoisotopic (exact) mass is 617 g/mol. The number of amides is 1. The summed E-state index contributed by atoms with van der Waals surface area (Å²) in [6.07, 6.45) is -5.23. The SMILES string of the molecule is CC1=CN([C@@H]2O[C@@](COP(=O)(N[C@@H](C)C(=O)OC(C)C)Oc3cccc4ccccc34)(N=[N+]=[N-])[C@@H](O)[C@H]2O)C(=O)CC1=O. The third-order valence-electron chi connectivity index (χ3n) is 6.73. The van der Waals surface area contributed by atoms with Gasteiger partial charge in [-0.05, 0) is 44.7 Å². The first-order valence-corrected chi connectivity index (χ1v) is 14.9. The summed E-state index contributed by atoms with van der Waals surface area (Å²) in [5.74, 6) is -1.81. The molecule has 43 heavy (non-hydrogen) atoms. The van der Waals surface area contributed by atoms with Crippen molar-refractivity contribution in [3.63, 3.8) is 0 Å². The van der Waals surface area contributed by atoms with Crippen molar-refractivity contribution in [2.75, 3.05) is 6.61 Å². The summed E-state index contributed by atoms with van der Waals surface area (Å²) in [7, 11) is -4.59. The predicted molar refractivity (Wildman–Crippen MR) is 151 cm³/mol. The van der Waals surface area contributed by atoms with Crippen LogP contribution in [0.15, 0.2) is 59.4 Å². The lowest BCUT2D eigenvalue weighted by Crippen LogP contribution is -2.47. The Hall–Kier alpha value is -3.81. The van der Waals surface area contributed by atoms with Crippen molar-refractivity contribution in [1.29, 1.82) is 0 Å². The minimum Gasteiger partial charge on any atom is -0.462 e. The summed E-state index contributed by atoms with van der Waals surface area (Å²) in [5, 5.41) is 29.1. The highest BCUT2D eigenvalue weighted by Gasteiger charge is 2.58. The molecule has 230 valence electrons. The molecule has 2 aliphatic heterocycles. The molecule has 6 atom stereocenters. The number of Topliss-reactive ketones (excluding diaryl/α,β-unsaturated/α-hetero) is 1. The molecule has 2 aromatic carbocycles. The number of ketones is 1. The maximum Gasteiger partial charge on any atom is 0.459 e. The Bertz CT molecular complexity index is 1540. The fourth-order valence-electron chi connectivity index (χ4n) is 4.53. The van der Waals surface area contributed by atoms with E-state index in [1.165, 1.54) is 19.9 Å². The van der Waals surface area contributed by atoms with Crippen LogP contribution in [0.5, 0.6) is 5.75 Å². The number of carbonyl (C=O) groups is 3. The first kappa shape index (κ1) is 32.1. The number of azide groups is 1.